The van der Waals surface area contributed by atoms with Crippen molar-refractivity contribution in [2.45, 2.75) is 28.2 Å². The first-order valence-corrected chi connectivity index (χ1v) is 22.3. The van der Waals surface area contributed by atoms with Gasteiger partial charge in [-0.1, -0.05) is 63.7 Å². The van der Waals surface area contributed by atoms with Gasteiger partial charge in [-0.2, -0.15) is 0 Å². The van der Waals surface area contributed by atoms with Crippen LogP contribution in [0, 0.1) is 12.8 Å². The van der Waals surface area contributed by atoms with E-state index in [-0.39, 0.29) is 44.0 Å². The second-order valence-electron chi connectivity index (χ2n) is 12.1. The zero-order valence-corrected chi connectivity index (χ0v) is 37.5. The van der Waals surface area contributed by atoms with E-state index in [9.17, 15) is 14.4 Å². The normalized spacial score (nSPS) is 11.1. The molecule has 0 atom stereocenters. The van der Waals surface area contributed by atoms with Crippen molar-refractivity contribution in [3.63, 3.8) is 0 Å². The Morgan fingerprint density at radius 1 is 0.596 bits per heavy atom. The number of carbonyl (C=O) groups excluding carboxylic acids is 3. The molecule has 20 heteroatoms. The standard InChI is InChI=1S/C37H43Br4N9O7/c1-24-47-49-34(50-48-24)25-2-4-33(5-3-25)57-13-12-56-11-10-55-9-8-54-7-6-42-37(53)28(22-43-35(51)26-14-29(18-38)45-30(15-26)19-39)23-44-36(52)27-16-31(20-40)46-32(17-27)21-41/h2-5,14-17,28H,6-13,18-23H2,1H3,(H,42,53)(H,43,51)(H,44,52). The van der Waals surface area contributed by atoms with Crippen molar-refractivity contribution in [2.24, 2.45) is 5.92 Å². The lowest BCUT2D eigenvalue weighted by Crippen LogP contribution is -2.45. The van der Waals surface area contributed by atoms with E-state index in [1.807, 2.05) is 24.3 Å². The number of rotatable bonds is 25. The fourth-order valence-corrected chi connectivity index (χ4v) is 6.12. The lowest BCUT2D eigenvalue weighted by Gasteiger charge is -2.19. The van der Waals surface area contributed by atoms with Crippen LogP contribution in [0.25, 0.3) is 11.4 Å². The number of ether oxygens (including phenoxy) is 4. The summed E-state index contributed by atoms with van der Waals surface area (Å²) in [5.74, 6) is -0.204. The Bertz CT molecular complexity index is 1760. The minimum absolute atomic E-state index is 0.0211. The molecule has 16 nitrogen and oxygen atoms in total. The zero-order chi connectivity index (χ0) is 40.8. The molecule has 0 saturated heterocycles. The molecule has 0 aliphatic heterocycles. The molecule has 0 aliphatic carbocycles. The molecule has 0 unspecified atom stereocenters. The number of nitrogens with one attached hydrogen (secondary N) is 3. The molecule has 0 radical (unpaired) electrons. The van der Waals surface area contributed by atoms with Gasteiger partial charge < -0.3 is 34.9 Å². The lowest BCUT2D eigenvalue weighted by molar-refractivity contribution is -0.124. The van der Waals surface area contributed by atoms with Crippen molar-refractivity contribution >= 4 is 81.4 Å². The number of halogens is 4. The third-order valence-electron chi connectivity index (χ3n) is 7.80. The number of benzene rings is 1. The SMILES string of the molecule is Cc1nnc(-c2ccc(OCCOCCOCCOCCNC(=O)C(CNC(=O)c3cc(CBr)nc(CBr)c3)CNC(=O)c3cc(CBr)nc(CBr)c3)cc2)nn1. The maximum atomic E-state index is 13.3. The van der Waals surface area contributed by atoms with Crippen LogP contribution in [0.3, 0.4) is 0 Å². The van der Waals surface area contributed by atoms with Crippen LogP contribution in [0.5, 0.6) is 5.75 Å². The van der Waals surface area contributed by atoms with Crippen LogP contribution < -0.4 is 20.7 Å². The van der Waals surface area contributed by atoms with Crippen molar-refractivity contribution in [2.75, 3.05) is 65.9 Å². The van der Waals surface area contributed by atoms with E-state index in [2.05, 4.69) is 110 Å². The number of hydrogen-bond donors (Lipinski definition) is 3. The second-order valence-corrected chi connectivity index (χ2v) is 14.3. The summed E-state index contributed by atoms with van der Waals surface area (Å²) >= 11 is 13.6. The number of hydrogen-bond acceptors (Lipinski definition) is 13. The van der Waals surface area contributed by atoms with E-state index >= 15 is 0 Å². The summed E-state index contributed by atoms with van der Waals surface area (Å²) in [6, 6.07) is 14.1. The van der Waals surface area contributed by atoms with E-state index in [0.717, 1.165) is 5.56 Å². The largest absolute Gasteiger partial charge is 0.491 e. The molecule has 3 amide bonds. The summed E-state index contributed by atoms with van der Waals surface area (Å²) in [4.78, 5) is 48.5. The Balaban J connectivity index is 1.13. The first-order valence-electron chi connectivity index (χ1n) is 17.8. The highest BCUT2D eigenvalue weighted by Gasteiger charge is 2.22. The molecule has 3 aromatic heterocycles. The summed E-state index contributed by atoms with van der Waals surface area (Å²) in [5.41, 5.74) is 4.43. The monoisotopic (exact) mass is 1040 g/mol. The molecule has 0 spiro atoms. The van der Waals surface area contributed by atoms with Crippen LogP contribution >= 0.6 is 63.7 Å². The average molecular weight is 1050 g/mol. The highest BCUT2D eigenvalue weighted by molar-refractivity contribution is 9.09. The van der Waals surface area contributed by atoms with Gasteiger partial charge >= 0.3 is 0 Å². The van der Waals surface area contributed by atoms with Gasteiger partial charge in [0.05, 0.1) is 68.3 Å². The Kier molecular flexibility index (Phi) is 20.9. The van der Waals surface area contributed by atoms with Crippen molar-refractivity contribution in [1.82, 2.24) is 46.3 Å². The van der Waals surface area contributed by atoms with Crippen molar-refractivity contribution in [3.8, 4) is 17.1 Å². The first-order chi connectivity index (χ1) is 27.7. The molecule has 3 N–H and O–H groups in total. The summed E-state index contributed by atoms with van der Waals surface area (Å²) < 4.78 is 22.5. The second kappa shape index (κ2) is 25.8. The van der Waals surface area contributed by atoms with Crippen LogP contribution in [0.1, 0.15) is 49.3 Å². The average Bonchev–Trinajstić information content (AvgIpc) is 3.24. The molecule has 1 aromatic carbocycles. The van der Waals surface area contributed by atoms with Crippen molar-refractivity contribution in [3.05, 3.63) is 88.3 Å². The number of amides is 3. The summed E-state index contributed by atoms with van der Waals surface area (Å²) in [5, 5.41) is 26.3. The highest BCUT2D eigenvalue weighted by Crippen LogP contribution is 2.18. The topological polar surface area (TPSA) is 202 Å². The van der Waals surface area contributed by atoms with E-state index in [1.165, 1.54) is 0 Å². The van der Waals surface area contributed by atoms with Gasteiger partial charge in [0.2, 0.25) is 11.7 Å². The molecule has 4 aromatic rings. The van der Waals surface area contributed by atoms with E-state index in [4.69, 9.17) is 18.9 Å². The van der Waals surface area contributed by atoms with Gasteiger partial charge in [0.1, 0.15) is 12.4 Å². The molecule has 57 heavy (non-hydrogen) atoms. The number of aromatic nitrogens is 6. The maximum absolute atomic E-state index is 13.3. The number of pyridine rings is 2. The zero-order valence-electron chi connectivity index (χ0n) is 31.1. The molecule has 4 rings (SSSR count). The maximum Gasteiger partial charge on any atom is 0.251 e. The molecule has 0 bridgehead atoms. The number of nitrogens with zero attached hydrogens (tertiary/aromatic N) is 6. The minimum Gasteiger partial charge on any atom is -0.491 e. The quantitative estimate of drug-likeness (QED) is 0.0614. The molecular formula is C37H43Br4N9O7. The van der Waals surface area contributed by atoms with Gasteiger partial charge in [-0.25, -0.2) is 0 Å². The summed E-state index contributed by atoms with van der Waals surface area (Å²) in [7, 11) is 0. The van der Waals surface area contributed by atoms with Gasteiger partial charge in [-0.05, 0) is 55.5 Å². The number of aryl methyl sites for hydroxylation is 1. The summed E-state index contributed by atoms with van der Waals surface area (Å²) in [6.07, 6.45) is 0. The van der Waals surface area contributed by atoms with Gasteiger partial charge in [-0.3, -0.25) is 24.4 Å². The molecule has 306 valence electrons. The van der Waals surface area contributed by atoms with Crippen LogP contribution in [-0.4, -0.2) is 114 Å². The third kappa shape index (κ3) is 16.3. The molecule has 3 heterocycles. The summed E-state index contributed by atoms with van der Waals surface area (Å²) in [6.45, 7) is 4.36. The Labute approximate surface area is 364 Å². The Morgan fingerprint density at radius 3 is 1.49 bits per heavy atom. The van der Waals surface area contributed by atoms with Crippen molar-refractivity contribution < 1.29 is 33.3 Å². The fraction of sp³-hybridized carbons (Fsp3) is 0.432. The van der Waals surface area contributed by atoms with Gasteiger partial charge in [0.25, 0.3) is 11.8 Å². The number of carbonyl (C=O) groups is 3. The lowest BCUT2D eigenvalue weighted by atomic mass is 10.1. The minimum atomic E-state index is -0.775. The van der Waals surface area contributed by atoms with E-state index < -0.39 is 5.92 Å². The van der Waals surface area contributed by atoms with Crippen molar-refractivity contribution in [1.29, 1.82) is 0 Å². The van der Waals surface area contributed by atoms with E-state index in [0.29, 0.717) is 112 Å². The van der Waals surface area contributed by atoms with E-state index in [1.54, 1.807) is 31.2 Å². The van der Waals surface area contributed by atoms with Crippen LogP contribution in [0.15, 0.2) is 48.5 Å². The fourth-order valence-electron chi connectivity index (χ4n) is 4.98. The first kappa shape index (κ1) is 46.2. The molecular weight excluding hydrogens is 1000 g/mol. The third-order valence-corrected chi connectivity index (χ3v) is 10.1. The van der Waals surface area contributed by atoms with Crippen LogP contribution in [0.4, 0.5) is 0 Å². The molecule has 0 saturated carbocycles. The smallest absolute Gasteiger partial charge is 0.251 e. The Hall–Kier alpha value is -3.53. The van der Waals surface area contributed by atoms with Gasteiger partial charge in [-0.15, -0.1) is 20.4 Å². The number of alkyl halides is 4. The molecule has 0 aliphatic rings. The van der Waals surface area contributed by atoms with Crippen LogP contribution in [-0.2, 0) is 40.3 Å². The Morgan fingerprint density at radius 2 is 1.04 bits per heavy atom. The predicted octanol–water partition coefficient (Wildman–Crippen LogP) is 4.63. The van der Waals surface area contributed by atoms with Gasteiger partial charge in [0.15, 0.2) is 5.82 Å². The predicted molar refractivity (Wildman–Crippen MR) is 226 cm³/mol. The van der Waals surface area contributed by atoms with Crippen LogP contribution in [0.2, 0.25) is 0 Å². The highest BCUT2D eigenvalue weighted by atomic mass is 79.9. The van der Waals surface area contributed by atoms with Gasteiger partial charge in [0, 0.05) is 57.6 Å². The molecule has 0 fully saturated rings.